The van der Waals surface area contributed by atoms with Gasteiger partial charge in [-0.1, -0.05) is 32.0 Å². The van der Waals surface area contributed by atoms with Gasteiger partial charge in [-0.3, -0.25) is 10.1 Å². The van der Waals surface area contributed by atoms with E-state index in [0.717, 1.165) is 30.1 Å². The fraction of sp³-hybridized carbons (Fsp3) is 0.400. The standard InChI is InChI=1S/C20H26N2O5S/c1-5-27-20-9-7-6-8-16(20)18(12-14(2)3)21-17-11-10-15(28(4,25)26)13-19(17)22(23)24/h6-11,13-14,18,21H,5,12H2,1-4H3. The van der Waals surface area contributed by atoms with Crippen LogP contribution in [0.3, 0.4) is 0 Å². The summed E-state index contributed by atoms with van der Waals surface area (Å²) in [4.78, 5) is 10.9. The van der Waals surface area contributed by atoms with Crippen molar-refractivity contribution >= 4 is 21.2 Å². The molecule has 0 fully saturated rings. The van der Waals surface area contributed by atoms with Gasteiger partial charge in [-0.05, 0) is 37.5 Å². The molecule has 0 saturated carbocycles. The number of hydrogen-bond donors (Lipinski definition) is 1. The van der Waals surface area contributed by atoms with E-state index >= 15 is 0 Å². The number of nitro groups is 1. The molecule has 1 atom stereocenters. The van der Waals surface area contributed by atoms with Gasteiger partial charge in [0.1, 0.15) is 11.4 Å². The van der Waals surface area contributed by atoms with Gasteiger partial charge in [-0.2, -0.15) is 0 Å². The highest BCUT2D eigenvalue weighted by Gasteiger charge is 2.23. The number of ether oxygens (including phenoxy) is 1. The van der Waals surface area contributed by atoms with Crippen LogP contribution in [0.5, 0.6) is 5.75 Å². The van der Waals surface area contributed by atoms with Crippen LogP contribution < -0.4 is 10.1 Å². The number of rotatable bonds is 9. The molecule has 0 spiro atoms. The highest BCUT2D eigenvalue weighted by molar-refractivity contribution is 7.90. The van der Waals surface area contributed by atoms with Gasteiger partial charge < -0.3 is 10.1 Å². The predicted molar refractivity (Wildman–Crippen MR) is 110 cm³/mol. The van der Waals surface area contributed by atoms with E-state index in [9.17, 15) is 18.5 Å². The molecule has 0 amide bonds. The van der Waals surface area contributed by atoms with Gasteiger partial charge >= 0.3 is 0 Å². The van der Waals surface area contributed by atoms with E-state index in [1.54, 1.807) is 0 Å². The summed E-state index contributed by atoms with van der Waals surface area (Å²) >= 11 is 0. The molecule has 2 aromatic rings. The number of hydrogen-bond acceptors (Lipinski definition) is 6. The Hall–Kier alpha value is -2.61. The average Bonchev–Trinajstić information content (AvgIpc) is 2.60. The molecule has 2 aromatic carbocycles. The van der Waals surface area contributed by atoms with Gasteiger partial charge in [0, 0.05) is 17.9 Å². The summed E-state index contributed by atoms with van der Waals surface area (Å²) in [6, 6.07) is 11.3. The van der Waals surface area contributed by atoms with E-state index in [1.165, 1.54) is 12.1 Å². The van der Waals surface area contributed by atoms with Crippen LogP contribution in [0.15, 0.2) is 47.4 Å². The molecule has 1 N–H and O–H groups in total. The first-order chi connectivity index (χ1) is 13.1. The molecule has 0 aliphatic heterocycles. The number of nitro benzene ring substituents is 1. The van der Waals surface area contributed by atoms with Crippen molar-refractivity contribution < 1.29 is 18.1 Å². The molecule has 1 unspecified atom stereocenters. The predicted octanol–water partition coefficient (Wildman–Crippen LogP) is 4.60. The Morgan fingerprint density at radius 3 is 2.43 bits per heavy atom. The largest absolute Gasteiger partial charge is 0.494 e. The fourth-order valence-electron chi connectivity index (χ4n) is 2.99. The molecule has 0 saturated heterocycles. The van der Waals surface area contributed by atoms with Crippen molar-refractivity contribution in [2.45, 2.75) is 38.1 Å². The van der Waals surface area contributed by atoms with Crippen molar-refractivity contribution in [2.24, 2.45) is 5.92 Å². The molecular weight excluding hydrogens is 380 g/mol. The molecule has 8 heteroatoms. The van der Waals surface area contributed by atoms with Crippen molar-refractivity contribution in [1.29, 1.82) is 0 Å². The molecule has 152 valence electrons. The number of anilines is 1. The van der Waals surface area contributed by atoms with Gasteiger partial charge in [-0.15, -0.1) is 0 Å². The van der Waals surface area contributed by atoms with Crippen LogP contribution in [0.1, 0.15) is 38.8 Å². The normalized spacial score (nSPS) is 12.6. The second-order valence-electron chi connectivity index (χ2n) is 7.01. The zero-order valence-corrected chi connectivity index (χ0v) is 17.3. The summed E-state index contributed by atoms with van der Waals surface area (Å²) < 4.78 is 29.3. The van der Waals surface area contributed by atoms with E-state index in [1.807, 2.05) is 31.2 Å². The second kappa shape index (κ2) is 9.05. The minimum absolute atomic E-state index is 0.0834. The minimum atomic E-state index is -3.54. The molecule has 2 rings (SSSR count). The smallest absolute Gasteiger partial charge is 0.293 e. The Kier molecular flexibility index (Phi) is 7.01. The maximum atomic E-state index is 11.8. The number of nitrogens with zero attached hydrogens (tertiary/aromatic N) is 1. The van der Waals surface area contributed by atoms with E-state index in [0.29, 0.717) is 12.5 Å². The van der Waals surface area contributed by atoms with Crippen molar-refractivity contribution in [3.63, 3.8) is 0 Å². The Morgan fingerprint density at radius 1 is 1.18 bits per heavy atom. The van der Waals surface area contributed by atoms with Crippen LogP contribution in [0.4, 0.5) is 11.4 Å². The molecule has 0 bridgehead atoms. The highest BCUT2D eigenvalue weighted by atomic mass is 32.2. The Bertz CT molecular complexity index is 941. The number of benzene rings is 2. The zero-order chi connectivity index (χ0) is 20.9. The van der Waals surface area contributed by atoms with Crippen LogP contribution in [-0.4, -0.2) is 26.2 Å². The third-order valence-corrected chi connectivity index (χ3v) is 5.34. The van der Waals surface area contributed by atoms with Gasteiger partial charge in [0.2, 0.25) is 0 Å². The summed E-state index contributed by atoms with van der Waals surface area (Å²) in [7, 11) is -3.54. The lowest BCUT2D eigenvalue weighted by atomic mass is 9.95. The second-order valence-corrected chi connectivity index (χ2v) is 9.02. The third-order valence-electron chi connectivity index (χ3n) is 4.23. The minimum Gasteiger partial charge on any atom is -0.494 e. The van der Waals surface area contributed by atoms with Crippen LogP contribution in [-0.2, 0) is 9.84 Å². The third kappa shape index (κ3) is 5.45. The first-order valence-corrected chi connectivity index (χ1v) is 11.0. The van der Waals surface area contributed by atoms with E-state index < -0.39 is 14.8 Å². The Balaban J connectivity index is 2.50. The topological polar surface area (TPSA) is 98.5 Å². The molecule has 7 nitrogen and oxygen atoms in total. The van der Waals surface area contributed by atoms with E-state index in [4.69, 9.17) is 4.74 Å². The van der Waals surface area contributed by atoms with Crippen LogP contribution in [0.25, 0.3) is 0 Å². The summed E-state index contributed by atoms with van der Waals surface area (Å²) in [5.41, 5.74) is 0.902. The zero-order valence-electron chi connectivity index (χ0n) is 16.5. The SMILES string of the molecule is CCOc1ccccc1C(CC(C)C)Nc1ccc(S(C)(=O)=O)cc1[N+](=O)[O-]. The lowest BCUT2D eigenvalue weighted by molar-refractivity contribution is -0.384. The number of nitrogens with one attached hydrogen (secondary N) is 1. The van der Waals surface area contributed by atoms with Crippen molar-refractivity contribution in [3.8, 4) is 5.75 Å². The molecule has 0 aliphatic carbocycles. The van der Waals surface area contributed by atoms with Gasteiger partial charge in [0.15, 0.2) is 9.84 Å². The van der Waals surface area contributed by atoms with Crippen LogP contribution >= 0.6 is 0 Å². The molecule has 0 radical (unpaired) electrons. The summed E-state index contributed by atoms with van der Waals surface area (Å²) in [5.74, 6) is 1.04. The maximum Gasteiger partial charge on any atom is 0.293 e. The molecular formula is C20H26N2O5S. The van der Waals surface area contributed by atoms with Crippen molar-refractivity contribution in [1.82, 2.24) is 0 Å². The fourth-order valence-corrected chi connectivity index (χ4v) is 3.63. The van der Waals surface area contributed by atoms with Crippen LogP contribution in [0.2, 0.25) is 0 Å². The van der Waals surface area contributed by atoms with Gasteiger partial charge in [-0.25, -0.2) is 8.42 Å². The molecule has 0 aromatic heterocycles. The van der Waals surface area contributed by atoms with E-state index in [-0.39, 0.29) is 22.3 Å². The first kappa shape index (κ1) is 21.7. The van der Waals surface area contributed by atoms with Gasteiger partial charge in [0.25, 0.3) is 5.69 Å². The van der Waals surface area contributed by atoms with Gasteiger partial charge in [0.05, 0.1) is 22.5 Å². The molecule has 28 heavy (non-hydrogen) atoms. The average molecular weight is 407 g/mol. The number of para-hydroxylation sites is 1. The maximum absolute atomic E-state index is 11.8. The first-order valence-electron chi connectivity index (χ1n) is 9.10. The Labute approximate surface area is 165 Å². The van der Waals surface area contributed by atoms with Crippen molar-refractivity contribution in [3.05, 3.63) is 58.1 Å². The molecule has 0 heterocycles. The van der Waals surface area contributed by atoms with Crippen molar-refractivity contribution in [2.75, 3.05) is 18.2 Å². The monoisotopic (exact) mass is 406 g/mol. The van der Waals surface area contributed by atoms with E-state index in [2.05, 4.69) is 19.2 Å². The summed E-state index contributed by atoms with van der Waals surface area (Å²) in [6.07, 6.45) is 1.74. The summed E-state index contributed by atoms with van der Waals surface area (Å²) in [6.45, 7) is 6.54. The quantitative estimate of drug-likeness (QED) is 0.483. The van der Waals surface area contributed by atoms with Crippen LogP contribution in [0, 0.1) is 16.0 Å². The lowest BCUT2D eigenvalue weighted by Gasteiger charge is -2.24. The Morgan fingerprint density at radius 2 is 1.86 bits per heavy atom. The summed E-state index contributed by atoms with van der Waals surface area (Å²) in [5, 5.41) is 14.8. The molecule has 0 aliphatic rings. The lowest BCUT2D eigenvalue weighted by Crippen LogP contribution is -2.16. The number of sulfone groups is 1. The highest BCUT2D eigenvalue weighted by Crippen LogP contribution is 2.36.